The van der Waals surface area contributed by atoms with E-state index < -0.39 is 0 Å². The van der Waals surface area contributed by atoms with Crippen molar-refractivity contribution in [3.63, 3.8) is 0 Å². The lowest BCUT2D eigenvalue weighted by molar-refractivity contribution is 0.203. The van der Waals surface area contributed by atoms with Gasteiger partial charge in [-0.2, -0.15) is 11.8 Å². The highest BCUT2D eigenvalue weighted by Gasteiger charge is 2.14. The van der Waals surface area contributed by atoms with Gasteiger partial charge in [-0.3, -0.25) is 0 Å². The second-order valence-electron chi connectivity index (χ2n) is 4.48. The molecule has 0 rings (SSSR count). The van der Waals surface area contributed by atoms with E-state index in [0.717, 1.165) is 12.5 Å². The summed E-state index contributed by atoms with van der Waals surface area (Å²) in [6, 6.07) is 0.575. The van der Waals surface area contributed by atoms with Crippen molar-refractivity contribution in [1.29, 1.82) is 0 Å². The Bertz CT molecular complexity index is 142. The average Bonchev–Trinajstić information content (AvgIpc) is 2.24. The van der Waals surface area contributed by atoms with Gasteiger partial charge in [0.05, 0.1) is 0 Å². The van der Waals surface area contributed by atoms with Crippen molar-refractivity contribution in [3.8, 4) is 0 Å². The summed E-state index contributed by atoms with van der Waals surface area (Å²) < 4.78 is 0. The molecule has 0 aliphatic carbocycles. The molecule has 0 aliphatic rings. The molecule has 0 saturated carbocycles. The van der Waals surface area contributed by atoms with Crippen LogP contribution in [0.5, 0.6) is 0 Å². The molecule has 0 saturated heterocycles. The van der Waals surface area contributed by atoms with Gasteiger partial charge in [-0.25, -0.2) is 0 Å². The molecule has 0 aromatic carbocycles. The van der Waals surface area contributed by atoms with Crippen molar-refractivity contribution >= 4 is 11.8 Å². The maximum atomic E-state index is 5.82. The van der Waals surface area contributed by atoms with Gasteiger partial charge in [-0.05, 0) is 37.8 Å². The van der Waals surface area contributed by atoms with Crippen LogP contribution in [0.4, 0.5) is 0 Å². The number of thioether (sulfide) groups is 1. The molecular weight excluding hydrogens is 204 g/mol. The Balaban J connectivity index is 3.81. The molecule has 0 aliphatic heterocycles. The Hall–Kier alpha value is 0.270. The number of hydrogen-bond acceptors (Lipinski definition) is 3. The summed E-state index contributed by atoms with van der Waals surface area (Å²) in [5, 5.41) is 0. The first-order chi connectivity index (χ1) is 7.15. The van der Waals surface area contributed by atoms with E-state index in [1.807, 2.05) is 11.8 Å². The van der Waals surface area contributed by atoms with E-state index in [-0.39, 0.29) is 0 Å². The molecule has 0 bridgehead atoms. The zero-order valence-electron chi connectivity index (χ0n) is 10.8. The van der Waals surface area contributed by atoms with Crippen LogP contribution in [0, 0.1) is 5.92 Å². The Morgan fingerprint density at radius 3 is 2.53 bits per heavy atom. The highest BCUT2D eigenvalue weighted by molar-refractivity contribution is 7.98. The minimum Gasteiger partial charge on any atom is -0.329 e. The van der Waals surface area contributed by atoms with Gasteiger partial charge in [0.1, 0.15) is 0 Å². The maximum absolute atomic E-state index is 5.82. The minimum absolute atomic E-state index is 0.575. The van der Waals surface area contributed by atoms with Crippen molar-refractivity contribution in [2.45, 2.75) is 39.2 Å². The van der Waals surface area contributed by atoms with Crippen LogP contribution >= 0.6 is 11.8 Å². The summed E-state index contributed by atoms with van der Waals surface area (Å²) in [6.07, 6.45) is 5.95. The van der Waals surface area contributed by atoms with Crippen molar-refractivity contribution in [2.24, 2.45) is 11.7 Å². The van der Waals surface area contributed by atoms with Gasteiger partial charge >= 0.3 is 0 Å². The summed E-state index contributed by atoms with van der Waals surface area (Å²) in [5.41, 5.74) is 5.82. The number of rotatable bonds is 9. The van der Waals surface area contributed by atoms with Crippen molar-refractivity contribution in [2.75, 3.05) is 32.1 Å². The van der Waals surface area contributed by atoms with Crippen LogP contribution in [0.25, 0.3) is 0 Å². The third-order valence-electron chi connectivity index (χ3n) is 3.08. The SMILES string of the molecule is CCC(C)CN(C)C(CN)CCCSC. The molecule has 92 valence electrons. The van der Waals surface area contributed by atoms with Crippen molar-refractivity contribution in [3.05, 3.63) is 0 Å². The Labute approximate surface area is 100.0 Å². The minimum atomic E-state index is 0.575. The number of likely N-dealkylation sites (N-methyl/N-ethyl adjacent to an activating group) is 1. The zero-order chi connectivity index (χ0) is 11.7. The van der Waals surface area contributed by atoms with E-state index in [1.165, 1.54) is 31.6 Å². The molecule has 0 aromatic heterocycles. The van der Waals surface area contributed by atoms with E-state index in [2.05, 4.69) is 32.1 Å². The van der Waals surface area contributed by atoms with Gasteiger partial charge in [0.15, 0.2) is 0 Å². The lowest BCUT2D eigenvalue weighted by atomic mass is 10.1. The van der Waals surface area contributed by atoms with Gasteiger partial charge in [0.2, 0.25) is 0 Å². The highest BCUT2D eigenvalue weighted by atomic mass is 32.2. The van der Waals surface area contributed by atoms with Crippen LogP contribution in [-0.4, -0.2) is 43.1 Å². The van der Waals surface area contributed by atoms with Crippen LogP contribution in [-0.2, 0) is 0 Å². The van der Waals surface area contributed by atoms with E-state index in [1.54, 1.807) is 0 Å². The molecule has 2 N–H and O–H groups in total. The number of nitrogens with zero attached hydrogens (tertiary/aromatic N) is 1. The normalized spacial score (nSPS) is 15.6. The molecule has 0 aromatic rings. The molecule has 2 nitrogen and oxygen atoms in total. The van der Waals surface area contributed by atoms with E-state index in [4.69, 9.17) is 5.73 Å². The molecule has 15 heavy (non-hydrogen) atoms. The molecule has 3 heteroatoms. The van der Waals surface area contributed by atoms with E-state index >= 15 is 0 Å². The third-order valence-corrected chi connectivity index (χ3v) is 3.77. The van der Waals surface area contributed by atoms with Gasteiger partial charge in [-0.15, -0.1) is 0 Å². The van der Waals surface area contributed by atoms with Gasteiger partial charge < -0.3 is 10.6 Å². The van der Waals surface area contributed by atoms with Crippen LogP contribution < -0.4 is 5.73 Å². The Kier molecular flexibility index (Phi) is 9.66. The van der Waals surface area contributed by atoms with Gasteiger partial charge in [-0.1, -0.05) is 20.3 Å². The molecular formula is C12H28N2S. The van der Waals surface area contributed by atoms with Gasteiger partial charge in [0.25, 0.3) is 0 Å². The lowest BCUT2D eigenvalue weighted by Crippen LogP contribution is -2.40. The van der Waals surface area contributed by atoms with Crippen LogP contribution in [0.2, 0.25) is 0 Å². The number of hydrogen-bond donors (Lipinski definition) is 1. The van der Waals surface area contributed by atoms with Crippen LogP contribution in [0.3, 0.4) is 0 Å². The fourth-order valence-corrected chi connectivity index (χ4v) is 2.21. The molecule has 0 radical (unpaired) electrons. The second kappa shape index (κ2) is 9.49. The van der Waals surface area contributed by atoms with Crippen LogP contribution in [0.1, 0.15) is 33.1 Å². The first-order valence-corrected chi connectivity index (χ1v) is 7.44. The molecule has 2 atom stereocenters. The Morgan fingerprint density at radius 2 is 2.07 bits per heavy atom. The molecule has 0 fully saturated rings. The number of nitrogens with two attached hydrogens (primary N) is 1. The topological polar surface area (TPSA) is 29.3 Å². The van der Waals surface area contributed by atoms with E-state index in [9.17, 15) is 0 Å². The summed E-state index contributed by atoms with van der Waals surface area (Å²) >= 11 is 1.92. The first-order valence-electron chi connectivity index (χ1n) is 6.04. The zero-order valence-corrected chi connectivity index (χ0v) is 11.6. The Morgan fingerprint density at radius 1 is 1.40 bits per heavy atom. The predicted molar refractivity (Wildman–Crippen MR) is 72.5 cm³/mol. The molecule has 0 heterocycles. The summed E-state index contributed by atoms with van der Waals surface area (Å²) in [4.78, 5) is 2.44. The average molecular weight is 232 g/mol. The van der Waals surface area contributed by atoms with Crippen molar-refractivity contribution < 1.29 is 0 Å². The second-order valence-corrected chi connectivity index (χ2v) is 5.46. The lowest BCUT2D eigenvalue weighted by Gasteiger charge is -2.29. The summed E-state index contributed by atoms with van der Waals surface area (Å²) in [7, 11) is 2.21. The third kappa shape index (κ3) is 7.20. The summed E-state index contributed by atoms with van der Waals surface area (Å²) in [5.74, 6) is 2.04. The quantitative estimate of drug-likeness (QED) is 0.619. The molecule has 0 amide bonds. The molecule has 0 spiro atoms. The fourth-order valence-electron chi connectivity index (χ4n) is 1.75. The van der Waals surface area contributed by atoms with Gasteiger partial charge in [0, 0.05) is 19.1 Å². The monoisotopic (exact) mass is 232 g/mol. The standard InChI is InChI=1S/C12H28N2S/c1-5-11(2)10-14(3)12(9-13)7-6-8-15-4/h11-12H,5-10,13H2,1-4H3. The fraction of sp³-hybridized carbons (Fsp3) is 1.00. The van der Waals surface area contributed by atoms with E-state index in [0.29, 0.717) is 6.04 Å². The van der Waals surface area contributed by atoms with Crippen LogP contribution in [0.15, 0.2) is 0 Å². The molecule has 2 unspecified atom stereocenters. The first kappa shape index (κ1) is 15.3. The summed E-state index contributed by atoms with van der Waals surface area (Å²) in [6.45, 7) is 6.54. The van der Waals surface area contributed by atoms with Crippen molar-refractivity contribution in [1.82, 2.24) is 4.90 Å². The highest BCUT2D eigenvalue weighted by Crippen LogP contribution is 2.10. The predicted octanol–water partition coefficient (Wildman–Crippen LogP) is 2.43. The maximum Gasteiger partial charge on any atom is 0.0215 e. The smallest absolute Gasteiger partial charge is 0.0215 e. The largest absolute Gasteiger partial charge is 0.329 e.